The molecule has 0 aromatic carbocycles. The van der Waals surface area contributed by atoms with Crippen molar-refractivity contribution in [2.24, 2.45) is 5.73 Å². The number of rotatable bonds is 4. The first-order chi connectivity index (χ1) is 7.15. The average molecular weight is 229 g/mol. The monoisotopic (exact) mass is 228 g/mol. The number of carbonyl (C=O) groups is 1. The highest BCUT2D eigenvalue weighted by Crippen LogP contribution is 2.21. The first-order valence-corrected chi connectivity index (χ1v) is 4.95. The fraction of sp³-hybridized carbons (Fsp3) is 0.400. The highest BCUT2D eigenvalue weighted by atomic mass is 35.5. The van der Waals surface area contributed by atoms with Crippen LogP contribution in [-0.2, 0) is 9.53 Å². The predicted molar refractivity (Wildman–Crippen MR) is 57.4 cm³/mol. The first-order valence-electron chi connectivity index (χ1n) is 4.58. The molecule has 1 aromatic rings. The van der Waals surface area contributed by atoms with Crippen molar-refractivity contribution in [3.63, 3.8) is 0 Å². The first kappa shape index (κ1) is 11.9. The molecule has 1 aromatic heterocycles. The van der Waals surface area contributed by atoms with Crippen molar-refractivity contribution >= 4 is 17.6 Å². The average Bonchev–Trinajstić information content (AvgIpc) is 2.26. The lowest BCUT2D eigenvalue weighted by atomic mass is 10.1. The van der Waals surface area contributed by atoms with Crippen LogP contribution in [0.15, 0.2) is 18.3 Å². The van der Waals surface area contributed by atoms with Gasteiger partial charge in [0, 0.05) is 24.2 Å². The van der Waals surface area contributed by atoms with Crippen molar-refractivity contribution in [3.8, 4) is 0 Å². The van der Waals surface area contributed by atoms with Crippen molar-refractivity contribution in [2.45, 2.75) is 18.9 Å². The lowest BCUT2D eigenvalue weighted by molar-refractivity contribution is -0.140. The summed E-state index contributed by atoms with van der Waals surface area (Å²) in [5.41, 5.74) is 6.62. The van der Waals surface area contributed by atoms with Crippen molar-refractivity contribution in [1.82, 2.24) is 4.98 Å². The summed E-state index contributed by atoms with van der Waals surface area (Å²) in [4.78, 5) is 14.8. The van der Waals surface area contributed by atoms with Gasteiger partial charge in [0.15, 0.2) is 0 Å². The number of aromatic nitrogens is 1. The maximum absolute atomic E-state index is 10.9. The molecule has 1 unspecified atom stereocenters. The number of methoxy groups -OCH3 is 1. The number of hydrogen-bond donors (Lipinski definition) is 1. The second kappa shape index (κ2) is 5.68. The summed E-state index contributed by atoms with van der Waals surface area (Å²) in [5.74, 6) is -0.273. The van der Waals surface area contributed by atoms with Gasteiger partial charge in [-0.25, -0.2) is 4.98 Å². The van der Waals surface area contributed by atoms with Crippen LogP contribution in [0.3, 0.4) is 0 Å². The number of esters is 1. The Morgan fingerprint density at radius 3 is 3.07 bits per heavy atom. The van der Waals surface area contributed by atoms with Gasteiger partial charge in [0.25, 0.3) is 0 Å². The molecule has 0 radical (unpaired) electrons. The third-order valence-electron chi connectivity index (χ3n) is 2.07. The van der Waals surface area contributed by atoms with Gasteiger partial charge in [0.1, 0.15) is 5.15 Å². The van der Waals surface area contributed by atoms with Gasteiger partial charge in [-0.05, 0) is 12.5 Å². The molecular formula is C10H13ClN2O2. The smallest absolute Gasteiger partial charge is 0.305 e. The molecular weight excluding hydrogens is 216 g/mol. The van der Waals surface area contributed by atoms with Gasteiger partial charge in [0.05, 0.1) is 7.11 Å². The second-order valence-corrected chi connectivity index (χ2v) is 3.46. The third-order valence-corrected chi connectivity index (χ3v) is 2.39. The quantitative estimate of drug-likeness (QED) is 0.629. The Kier molecular flexibility index (Phi) is 4.52. The van der Waals surface area contributed by atoms with E-state index in [-0.39, 0.29) is 18.4 Å². The molecule has 0 fully saturated rings. The summed E-state index contributed by atoms with van der Waals surface area (Å²) in [6.07, 6.45) is 2.37. The van der Waals surface area contributed by atoms with E-state index in [1.807, 2.05) is 0 Å². The van der Waals surface area contributed by atoms with E-state index in [1.165, 1.54) is 7.11 Å². The van der Waals surface area contributed by atoms with Crippen LogP contribution in [0.2, 0.25) is 5.15 Å². The Bertz CT molecular complexity index is 344. The molecule has 0 amide bonds. The van der Waals surface area contributed by atoms with Gasteiger partial charge in [-0.1, -0.05) is 17.7 Å². The van der Waals surface area contributed by atoms with Crippen LogP contribution in [0.1, 0.15) is 24.4 Å². The van der Waals surface area contributed by atoms with Crippen LogP contribution in [0.4, 0.5) is 0 Å². The Hall–Kier alpha value is -1.13. The van der Waals surface area contributed by atoms with E-state index in [0.717, 1.165) is 5.56 Å². The van der Waals surface area contributed by atoms with Gasteiger partial charge in [-0.15, -0.1) is 0 Å². The molecule has 1 rings (SSSR count). The summed E-state index contributed by atoms with van der Waals surface area (Å²) in [5, 5.41) is 0.384. The van der Waals surface area contributed by atoms with E-state index >= 15 is 0 Å². The largest absolute Gasteiger partial charge is 0.469 e. The van der Waals surface area contributed by atoms with Crippen molar-refractivity contribution < 1.29 is 9.53 Å². The number of hydrogen-bond acceptors (Lipinski definition) is 4. The van der Waals surface area contributed by atoms with E-state index in [4.69, 9.17) is 17.3 Å². The van der Waals surface area contributed by atoms with Gasteiger partial charge >= 0.3 is 5.97 Å². The van der Waals surface area contributed by atoms with Crippen LogP contribution >= 0.6 is 11.6 Å². The normalized spacial score (nSPS) is 12.2. The number of ether oxygens (including phenoxy) is 1. The Morgan fingerprint density at radius 2 is 2.47 bits per heavy atom. The van der Waals surface area contributed by atoms with E-state index in [2.05, 4.69) is 9.72 Å². The molecule has 1 atom stereocenters. The Labute approximate surface area is 93.4 Å². The van der Waals surface area contributed by atoms with Gasteiger partial charge in [-0.3, -0.25) is 4.79 Å². The molecule has 15 heavy (non-hydrogen) atoms. The third kappa shape index (κ3) is 3.49. The zero-order chi connectivity index (χ0) is 11.3. The topological polar surface area (TPSA) is 65.2 Å². The van der Waals surface area contributed by atoms with E-state index in [9.17, 15) is 4.79 Å². The van der Waals surface area contributed by atoms with E-state index in [1.54, 1.807) is 18.3 Å². The number of pyridine rings is 1. The van der Waals surface area contributed by atoms with Gasteiger partial charge < -0.3 is 10.5 Å². The molecule has 0 saturated heterocycles. The lowest BCUT2D eigenvalue weighted by Crippen LogP contribution is -2.13. The van der Waals surface area contributed by atoms with Crippen LogP contribution in [0.5, 0.6) is 0 Å². The number of nitrogens with zero attached hydrogens (tertiary/aromatic N) is 1. The van der Waals surface area contributed by atoms with Crippen LogP contribution in [-0.4, -0.2) is 18.1 Å². The molecule has 0 spiro atoms. The minimum Gasteiger partial charge on any atom is -0.469 e. The molecule has 5 heteroatoms. The highest BCUT2D eigenvalue weighted by molar-refractivity contribution is 6.30. The SMILES string of the molecule is COC(=O)CCC(N)c1cccnc1Cl. The predicted octanol–water partition coefficient (Wildman–Crippen LogP) is 1.69. The van der Waals surface area contributed by atoms with Gasteiger partial charge in [-0.2, -0.15) is 0 Å². The molecule has 0 aliphatic carbocycles. The summed E-state index contributed by atoms with van der Waals surface area (Å²) in [6.45, 7) is 0. The number of nitrogens with two attached hydrogens (primary N) is 1. The molecule has 0 bridgehead atoms. The molecule has 1 heterocycles. The van der Waals surface area contributed by atoms with Crippen LogP contribution < -0.4 is 5.73 Å². The zero-order valence-corrected chi connectivity index (χ0v) is 9.20. The Morgan fingerprint density at radius 1 is 1.73 bits per heavy atom. The fourth-order valence-electron chi connectivity index (χ4n) is 1.21. The zero-order valence-electron chi connectivity index (χ0n) is 8.44. The summed E-state index contributed by atoms with van der Waals surface area (Å²) in [7, 11) is 1.35. The number of carbonyl (C=O) groups excluding carboxylic acids is 1. The molecule has 0 aliphatic rings. The minimum absolute atomic E-state index is 0.273. The maximum atomic E-state index is 10.9. The molecule has 0 aliphatic heterocycles. The second-order valence-electron chi connectivity index (χ2n) is 3.10. The van der Waals surface area contributed by atoms with Crippen molar-refractivity contribution in [3.05, 3.63) is 29.0 Å². The minimum atomic E-state index is -0.287. The molecule has 4 nitrogen and oxygen atoms in total. The van der Waals surface area contributed by atoms with Crippen LogP contribution in [0.25, 0.3) is 0 Å². The molecule has 82 valence electrons. The van der Waals surface area contributed by atoms with Gasteiger partial charge in [0.2, 0.25) is 0 Å². The molecule has 2 N–H and O–H groups in total. The van der Waals surface area contributed by atoms with E-state index in [0.29, 0.717) is 11.6 Å². The van der Waals surface area contributed by atoms with Crippen LogP contribution in [0, 0.1) is 0 Å². The number of halogens is 1. The summed E-state index contributed by atoms with van der Waals surface area (Å²) in [6, 6.07) is 3.28. The van der Waals surface area contributed by atoms with E-state index < -0.39 is 0 Å². The summed E-state index contributed by atoms with van der Waals surface area (Å²) >= 11 is 5.86. The standard InChI is InChI=1S/C10H13ClN2O2/c1-15-9(14)5-4-8(12)7-3-2-6-13-10(7)11/h2-3,6,8H,4-5,12H2,1H3. The van der Waals surface area contributed by atoms with Crippen molar-refractivity contribution in [1.29, 1.82) is 0 Å². The fourth-order valence-corrected chi connectivity index (χ4v) is 1.47. The highest BCUT2D eigenvalue weighted by Gasteiger charge is 2.12. The maximum Gasteiger partial charge on any atom is 0.305 e. The Balaban J connectivity index is 2.57. The summed E-state index contributed by atoms with van der Waals surface area (Å²) < 4.78 is 4.52. The van der Waals surface area contributed by atoms with Crippen molar-refractivity contribution in [2.75, 3.05) is 7.11 Å². The lowest BCUT2D eigenvalue weighted by Gasteiger charge is -2.11. The molecule has 0 saturated carbocycles.